The molecule has 0 fully saturated rings. The highest BCUT2D eigenvalue weighted by atomic mass is 35.5. The average Bonchev–Trinajstić information content (AvgIpc) is 2.91. The summed E-state index contributed by atoms with van der Waals surface area (Å²) in [7, 11) is 1.45. The molecule has 1 amide bonds. The summed E-state index contributed by atoms with van der Waals surface area (Å²) < 4.78 is 49.3. The Morgan fingerprint density at radius 2 is 1.54 bits per heavy atom. The van der Waals surface area contributed by atoms with Crippen LogP contribution in [0.25, 0.3) is 0 Å². The molecule has 0 atom stereocenters. The van der Waals surface area contributed by atoms with E-state index in [2.05, 4.69) is 10.5 Å². The van der Waals surface area contributed by atoms with E-state index in [9.17, 15) is 13.2 Å². The van der Waals surface area contributed by atoms with Gasteiger partial charge in [-0.2, -0.15) is 5.10 Å². The van der Waals surface area contributed by atoms with E-state index in [1.54, 1.807) is 37.4 Å². The number of hydrogen-bond acceptors (Lipinski definition) is 8. The normalized spacial score (nSPS) is 11.2. The van der Waals surface area contributed by atoms with Gasteiger partial charge < -0.3 is 18.9 Å². The fourth-order valence-electron chi connectivity index (χ4n) is 3.30. The first-order valence-corrected chi connectivity index (χ1v) is 12.6. The second-order valence-electron chi connectivity index (χ2n) is 7.41. The summed E-state index contributed by atoms with van der Waals surface area (Å²) in [4.78, 5) is 12.7. The maximum atomic E-state index is 13.8. The Hall–Kier alpha value is -3.96. The lowest BCUT2D eigenvalue weighted by Gasteiger charge is -2.25. The van der Waals surface area contributed by atoms with Crippen molar-refractivity contribution < 1.29 is 32.2 Å². The van der Waals surface area contributed by atoms with E-state index in [-0.39, 0.29) is 27.1 Å². The number of nitrogens with zero attached hydrogens (tertiary/aromatic N) is 2. The summed E-state index contributed by atoms with van der Waals surface area (Å²) in [6, 6.07) is 15.5. The lowest BCUT2D eigenvalue weighted by molar-refractivity contribution is -0.119. The number of ether oxygens (including phenoxy) is 4. The van der Waals surface area contributed by atoms with Gasteiger partial charge >= 0.3 is 0 Å². The molecule has 10 nitrogen and oxygen atoms in total. The van der Waals surface area contributed by atoms with Gasteiger partial charge in [0.25, 0.3) is 15.9 Å². The monoisotopic (exact) mass is 547 g/mol. The molecule has 0 saturated carbocycles. The highest BCUT2D eigenvalue weighted by Crippen LogP contribution is 2.36. The number of benzene rings is 3. The number of nitrogens with one attached hydrogen (secondary N) is 1. The van der Waals surface area contributed by atoms with Gasteiger partial charge in [-0.1, -0.05) is 11.6 Å². The maximum Gasteiger partial charge on any atom is 0.265 e. The number of amides is 1. The Kier molecular flexibility index (Phi) is 9.20. The lowest BCUT2D eigenvalue weighted by atomic mass is 10.2. The molecule has 0 aromatic heterocycles. The molecule has 3 aromatic carbocycles. The van der Waals surface area contributed by atoms with Gasteiger partial charge in [0.15, 0.2) is 11.5 Å². The number of methoxy groups -OCH3 is 4. The number of carbonyl (C=O) groups excluding carboxylic acids is 1. The van der Waals surface area contributed by atoms with Gasteiger partial charge in [-0.25, -0.2) is 13.8 Å². The van der Waals surface area contributed by atoms with E-state index in [1.165, 1.54) is 57.9 Å². The van der Waals surface area contributed by atoms with E-state index < -0.39 is 22.5 Å². The molecular weight excluding hydrogens is 522 g/mol. The summed E-state index contributed by atoms with van der Waals surface area (Å²) >= 11 is 6.16. The van der Waals surface area contributed by atoms with Gasteiger partial charge in [0, 0.05) is 11.1 Å². The van der Waals surface area contributed by atoms with Crippen molar-refractivity contribution in [2.75, 3.05) is 39.3 Å². The van der Waals surface area contributed by atoms with Crippen molar-refractivity contribution in [3.05, 3.63) is 71.2 Å². The van der Waals surface area contributed by atoms with Crippen LogP contribution >= 0.6 is 11.6 Å². The SMILES string of the molecule is COc1ccc(/C=N\NC(=O)CN(c2cc(Cl)ccc2OC)S(=O)(=O)c2ccc(OC)c(OC)c2)cc1. The van der Waals surface area contributed by atoms with Crippen molar-refractivity contribution >= 4 is 39.4 Å². The van der Waals surface area contributed by atoms with Crippen LogP contribution in [0.4, 0.5) is 5.69 Å². The summed E-state index contributed by atoms with van der Waals surface area (Å²) in [6.45, 7) is -0.618. The van der Waals surface area contributed by atoms with Gasteiger partial charge in [-0.3, -0.25) is 9.10 Å². The fourth-order valence-corrected chi connectivity index (χ4v) is 4.90. The summed E-state index contributed by atoms with van der Waals surface area (Å²) in [5.74, 6) is 0.723. The number of anilines is 1. The van der Waals surface area contributed by atoms with Crippen molar-refractivity contribution in [3.8, 4) is 23.0 Å². The first-order valence-electron chi connectivity index (χ1n) is 10.8. The second-order valence-corrected chi connectivity index (χ2v) is 9.71. The number of rotatable bonds is 11. The smallest absolute Gasteiger partial charge is 0.265 e. The first kappa shape index (κ1) is 27.6. The third kappa shape index (κ3) is 6.63. The number of sulfonamides is 1. The number of halogens is 1. The van der Waals surface area contributed by atoms with Crippen molar-refractivity contribution in [1.82, 2.24) is 5.43 Å². The van der Waals surface area contributed by atoms with E-state index in [0.717, 1.165) is 4.31 Å². The van der Waals surface area contributed by atoms with Crippen LogP contribution in [0.1, 0.15) is 5.56 Å². The topological polar surface area (TPSA) is 116 Å². The number of hydrogen-bond donors (Lipinski definition) is 1. The molecule has 0 unspecified atom stereocenters. The van der Waals surface area contributed by atoms with E-state index >= 15 is 0 Å². The molecule has 0 aliphatic rings. The highest BCUT2D eigenvalue weighted by molar-refractivity contribution is 7.92. The molecule has 12 heteroatoms. The van der Waals surface area contributed by atoms with Crippen LogP contribution in [0.5, 0.6) is 23.0 Å². The Bertz CT molecular complexity index is 1380. The van der Waals surface area contributed by atoms with Crippen molar-refractivity contribution in [2.24, 2.45) is 5.10 Å². The van der Waals surface area contributed by atoms with Gasteiger partial charge in [0.2, 0.25) is 0 Å². The molecule has 0 heterocycles. The summed E-state index contributed by atoms with van der Waals surface area (Å²) in [6.07, 6.45) is 1.42. The van der Waals surface area contributed by atoms with Crippen LogP contribution in [-0.4, -0.2) is 55.5 Å². The van der Waals surface area contributed by atoms with Crippen molar-refractivity contribution in [2.45, 2.75) is 4.90 Å². The lowest BCUT2D eigenvalue weighted by Crippen LogP contribution is -2.39. The number of hydrazone groups is 1. The summed E-state index contributed by atoms with van der Waals surface area (Å²) in [5.41, 5.74) is 3.12. The molecule has 0 spiro atoms. The van der Waals surface area contributed by atoms with Crippen LogP contribution in [-0.2, 0) is 14.8 Å². The Morgan fingerprint density at radius 1 is 0.892 bits per heavy atom. The minimum Gasteiger partial charge on any atom is -0.497 e. The van der Waals surface area contributed by atoms with Crippen molar-refractivity contribution in [3.63, 3.8) is 0 Å². The van der Waals surface area contributed by atoms with Crippen LogP contribution in [0, 0.1) is 0 Å². The molecule has 0 aliphatic carbocycles. The van der Waals surface area contributed by atoms with Gasteiger partial charge in [-0.05, 0) is 60.2 Å². The second kappa shape index (κ2) is 12.3. The molecule has 3 aromatic rings. The van der Waals surface area contributed by atoms with E-state index in [1.807, 2.05) is 0 Å². The zero-order valence-electron chi connectivity index (χ0n) is 20.6. The Balaban J connectivity index is 1.95. The summed E-state index contributed by atoms with van der Waals surface area (Å²) in [5, 5.41) is 4.18. The molecule has 37 heavy (non-hydrogen) atoms. The molecule has 0 aliphatic heterocycles. The van der Waals surface area contributed by atoms with Crippen LogP contribution in [0.3, 0.4) is 0 Å². The minimum atomic E-state index is -4.31. The standard InChI is InChI=1S/C25H26ClN3O7S/c1-33-19-8-5-17(6-9-19)15-27-28-25(30)16-29(21-13-18(26)7-11-22(21)34-2)37(31,32)20-10-12-23(35-3)24(14-20)36-4/h5-15H,16H2,1-4H3,(H,28,30)/b27-15-. The molecular formula is C25H26ClN3O7S. The predicted molar refractivity (Wildman–Crippen MR) is 141 cm³/mol. The predicted octanol–water partition coefficient (Wildman–Crippen LogP) is 3.72. The maximum absolute atomic E-state index is 13.8. The zero-order valence-corrected chi connectivity index (χ0v) is 22.2. The fraction of sp³-hybridized carbons (Fsp3) is 0.200. The van der Waals surface area contributed by atoms with E-state index in [0.29, 0.717) is 17.1 Å². The largest absolute Gasteiger partial charge is 0.497 e. The quantitative estimate of drug-likeness (QED) is 0.287. The molecule has 1 N–H and O–H groups in total. The Morgan fingerprint density at radius 3 is 2.16 bits per heavy atom. The Labute approximate surface area is 220 Å². The molecule has 196 valence electrons. The first-order chi connectivity index (χ1) is 17.7. The minimum absolute atomic E-state index is 0.0686. The van der Waals surface area contributed by atoms with Crippen molar-refractivity contribution in [1.29, 1.82) is 0 Å². The van der Waals surface area contributed by atoms with Gasteiger partial charge in [-0.15, -0.1) is 0 Å². The zero-order chi connectivity index (χ0) is 27.0. The molecule has 0 bridgehead atoms. The van der Waals surface area contributed by atoms with Crippen LogP contribution in [0.2, 0.25) is 5.02 Å². The molecule has 0 radical (unpaired) electrons. The van der Waals surface area contributed by atoms with Gasteiger partial charge in [0.1, 0.15) is 18.0 Å². The third-order valence-corrected chi connectivity index (χ3v) is 7.15. The van der Waals surface area contributed by atoms with Crippen LogP contribution < -0.4 is 28.7 Å². The van der Waals surface area contributed by atoms with E-state index in [4.69, 9.17) is 30.5 Å². The van der Waals surface area contributed by atoms with Gasteiger partial charge in [0.05, 0.1) is 45.2 Å². The number of carbonyl (C=O) groups is 1. The third-order valence-electron chi connectivity index (χ3n) is 5.16. The highest BCUT2D eigenvalue weighted by Gasteiger charge is 2.30. The average molecular weight is 548 g/mol. The molecule has 0 saturated heterocycles. The van der Waals surface area contributed by atoms with Crippen LogP contribution in [0.15, 0.2) is 70.7 Å². The molecule has 3 rings (SSSR count).